The smallest absolute Gasteiger partial charge is 0.317 e. The fourth-order valence-corrected chi connectivity index (χ4v) is 4.87. The highest BCUT2D eigenvalue weighted by Gasteiger charge is 2.41. The van der Waals surface area contributed by atoms with Gasteiger partial charge in [-0.3, -0.25) is 10.0 Å². The molecule has 1 atom stereocenters. The number of amides is 3. The van der Waals surface area contributed by atoms with E-state index in [9.17, 15) is 18.0 Å². The maximum atomic E-state index is 13.1. The largest absolute Gasteiger partial charge is 0.497 e. The molecule has 2 aromatic carbocycles. The predicted octanol–water partition coefficient (Wildman–Crippen LogP) is 0.785. The van der Waals surface area contributed by atoms with Gasteiger partial charge in [0.2, 0.25) is 10.0 Å². The van der Waals surface area contributed by atoms with Crippen LogP contribution >= 0.6 is 0 Å². The number of carbonyl (C=O) groups is 2. The first-order valence-corrected chi connectivity index (χ1v) is 11.0. The molecule has 31 heavy (non-hydrogen) atoms. The van der Waals surface area contributed by atoms with Gasteiger partial charge in [0.25, 0.3) is 5.91 Å². The number of hydroxylamine groups is 1. The van der Waals surface area contributed by atoms with Gasteiger partial charge in [-0.15, -0.1) is 0 Å². The molecule has 2 aromatic rings. The van der Waals surface area contributed by atoms with E-state index < -0.39 is 28.0 Å². The van der Waals surface area contributed by atoms with Crippen molar-refractivity contribution in [3.05, 3.63) is 60.2 Å². The molecule has 0 aromatic heterocycles. The van der Waals surface area contributed by atoms with Gasteiger partial charge < -0.3 is 15.0 Å². The van der Waals surface area contributed by atoms with E-state index >= 15 is 0 Å². The number of hydrogen-bond acceptors (Lipinski definition) is 6. The second-order valence-corrected chi connectivity index (χ2v) is 8.76. The number of piperazine rings is 1. The molecule has 0 saturated carbocycles. The van der Waals surface area contributed by atoms with Crippen molar-refractivity contribution in [3.8, 4) is 5.75 Å². The number of methoxy groups -OCH3 is 1. The first-order valence-electron chi connectivity index (χ1n) is 9.53. The Morgan fingerprint density at radius 3 is 2.39 bits per heavy atom. The summed E-state index contributed by atoms with van der Waals surface area (Å²) in [6.45, 7) is 0.0692. The van der Waals surface area contributed by atoms with Crippen LogP contribution in [0.25, 0.3) is 0 Å². The molecule has 11 heteroatoms. The van der Waals surface area contributed by atoms with Crippen LogP contribution in [0.5, 0.6) is 5.75 Å². The Bertz CT molecular complexity index is 1010. The SMILES string of the molecule is COc1ccc(S(=O)(=O)N2CCN(C(=O)NCc3ccccc3)CC2C(=O)NO)cc1. The third-order valence-electron chi connectivity index (χ3n) is 4.98. The molecule has 0 bridgehead atoms. The van der Waals surface area contributed by atoms with E-state index in [0.29, 0.717) is 12.3 Å². The number of sulfonamides is 1. The summed E-state index contributed by atoms with van der Waals surface area (Å²) in [7, 11) is -2.58. The van der Waals surface area contributed by atoms with Crippen LogP contribution in [0.4, 0.5) is 4.79 Å². The highest BCUT2D eigenvalue weighted by atomic mass is 32.2. The summed E-state index contributed by atoms with van der Waals surface area (Å²) in [6.07, 6.45) is 0. The molecule has 166 valence electrons. The van der Waals surface area contributed by atoms with Gasteiger partial charge in [-0.1, -0.05) is 30.3 Å². The molecular formula is C20H24N4O6S. The van der Waals surface area contributed by atoms with E-state index in [1.165, 1.54) is 41.8 Å². The van der Waals surface area contributed by atoms with Crippen LogP contribution in [0.15, 0.2) is 59.5 Å². The van der Waals surface area contributed by atoms with Crippen LogP contribution in [0.2, 0.25) is 0 Å². The van der Waals surface area contributed by atoms with Crippen molar-refractivity contribution in [1.82, 2.24) is 20.0 Å². The van der Waals surface area contributed by atoms with E-state index in [0.717, 1.165) is 9.87 Å². The maximum absolute atomic E-state index is 13.1. The molecule has 0 spiro atoms. The average Bonchev–Trinajstić information content (AvgIpc) is 2.82. The van der Waals surface area contributed by atoms with Gasteiger partial charge in [0.15, 0.2) is 0 Å². The molecule has 1 aliphatic rings. The Morgan fingerprint density at radius 1 is 1.10 bits per heavy atom. The molecule has 10 nitrogen and oxygen atoms in total. The van der Waals surface area contributed by atoms with E-state index in [2.05, 4.69) is 5.32 Å². The van der Waals surface area contributed by atoms with Gasteiger partial charge in [0, 0.05) is 26.2 Å². The van der Waals surface area contributed by atoms with Crippen molar-refractivity contribution in [2.24, 2.45) is 0 Å². The molecule has 0 aliphatic carbocycles. The number of nitrogens with one attached hydrogen (secondary N) is 2. The second-order valence-electron chi connectivity index (χ2n) is 6.87. The maximum Gasteiger partial charge on any atom is 0.317 e. The van der Waals surface area contributed by atoms with Crippen LogP contribution in [0.3, 0.4) is 0 Å². The summed E-state index contributed by atoms with van der Waals surface area (Å²) >= 11 is 0. The van der Waals surface area contributed by atoms with Gasteiger partial charge in [0.05, 0.1) is 12.0 Å². The quantitative estimate of drug-likeness (QED) is 0.443. The van der Waals surface area contributed by atoms with Gasteiger partial charge >= 0.3 is 6.03 Å². The van der Waals surface area contributed by atoms with E-state index in [4.69, 9.17) is 9.94 Å². The van der Waals surface area contributed by atoms with Gasteiger partial charge in [-0.25, -0.2) is 18.7 Å². The molecule has 1 heterocycles. The van der Waals surface area contributed by atoms with Crippen molar-refractivity contribution in [2.75, 3.05) is 26.7 Å². The molecule has 3 N–H and O–H groups in total. The lowest BCUT2D eigenvalue weighted by Gasteiger charge is -2.39. The van der Waals surface area contributed by atoms with Gasteiger partial charge in [0.1, 0.15) is 11.8 Å². The zero-order valence-corrected chi connectivity index (χ0v) is 17.7. The first kappa shape index (κ1) is 22.5. The molecule has 3 rings (SSSR count). The molecule has 1 fully saturated rings. The number of nitrogens with zero attached hydrogens (tertiary/aromatic N) is 2. The summed E-state index contributed by atoms with van der Waals surface area (Å²) in [5.74, 6) is -0.429. The van der Waals surface area contributed by atoms with Crippen molar-refractivity contribution in [2.45, 2.75) is 17.5 Å². The van der Waals surface area contributed by atoms with E-state index in [-0.39, 0.29) is 24.5 Å². The molecule has 3 amide bonds. The number of urea groups is 1. The third-order valence-corrected chi connectivity index (χ3v) is 6.91. The normalized spacial score (nSPS) is 17.1. The summed E-state index contributed by atoms with van der Waals surface area (Å²) < 4.78 is 32.2. The Hall–Kier alpha value is -3.15. The van der Waals surface area contributed by atoms with Gasteiger partial charge in [-0.05, 0) is 29.8 Å². The van der Waals surface area contributed by atoms with Crippen molar-refractivity contribution < 1.29 is 28.0 Å². The van der Waals surface area contributed by atoms with Crippen LogP contribution in [0.1, 0.15) is 5.56 Å². The second kappa shape index (κ2) is 9.77. The molecule has 0 radical (unpaired) electrons. The number of rotatable bonds is 6. The zero-order chi connectivity index (χ0) is 22.4. The highest BCUT2D eigenvalue weighted by molar-refractivity contribution is 7.89. The third kappa shape index (κ3) is 5.13. The van der Waals surface area contributed by atoms with Crippen LogP contribution in [0, 0.1) is 0 Å². The summed E-state index contributed by atoms with van der Waals surface area (Å²) in [5.41, 5.74) is 2.40. The predicted molar refractivity (Wildman–Crippen MR) is 111 cm³/mol. The van der Waals surface area contributed by atoms with E-state index in [1.54, 1.807) is 0 Å². The molecule has 1 unspecified atom stereocenters. The van der Waals surface area contributed by atoms with Crippen molar-refractivity contribution in [1.29, 1.82) is 0 Å². The number of hydrogen-bond donors (Lipinski definition) is 3. The number of benzene rings is 2. The average molecular weight is 449 g/mol. The molecular weight excluding hydrogens is 424 g/mol. The topological polar surface area (TPSA) is 128 Å². The fraction of sp³-hybridized carbons (Fsp3) is 0.300. The number of ether oxygens (including phenoxy) is 1. The van der Waals surface area contributed by atoms with Crippen molar-refractivity contribution in [3.63, 3.8) is 0 Å². The van der Waals surface area contributed by atoms with Gasteiger partial charge in [-0.2, -0.15) is 4.31 Å². The monoisotopic (exact) mass is 448 g/mol. The van der Waals surface area contributed by atoms with Crippen molar-refractivity contribution >= 4 is 22.0 Å². The lowest BCUT2D eigenvalue weighted by molar-refractivity contribution is -0.134. The Labute approximate surface area is 180 Å². The Kier molecular flexibility index (Phi) is 7.10. The summed E-state index contributed by atoms with van der Waals surface area (Å²) in [5, 5.41) is 11.9. The zero-order valence-electron chi connectivity index (χ0n) is 16.9. The summed E-state index contributed by atoms with van der Waals surface area (Å²) in [6, 6.07) is 13.3. The summed E-state index contributed by atoms with van der Waals surface area (Å²) in [4.78, 5) is 26.1. The lowest BCUT2D eigenvalue weighted by Crippen LogP contribution is -2.62. The van der Waals surface area contributed by atoms with Crippen LogP contribution in [-0.2, 0) is 21.4 Å². The fourth-order valence-electron chi connectivity index (χ4n) is 3.29. The lowest BCUT2D eigenvalue weighted by atomic mass is 10.2. The van der Waals surface area contributed by atoms with Crippen LogP contribution in [-0.4, -0.2) is 67.6 Å². The molecule has 1 aliphatic heterocycles. The minimum Gasteiger partial charge on any atom is -0.497 e. The highest BCUT2D eigenvalue weighted by Crippen LogP contribution is 2.24. The minimum absolute atomic E-state index is 0.0222. The number of carbonyl (C=O) groups excluding carboxylic acids is 2. The molecule has 1 saturated heterocycles. The first-order chi connectivity index (χ1) is 14.9. The Balaban J connectivity index is 1.74. The van der Waals surface area contributed by atoms with Crippen LogP contribution < -0.4 is 15.5 Å². The standard InChI is InChI=1S/C20H24N4O6S/c1-30-16-7-9-17(10-8-16)31(28,29)24-12-11-23(14-18(24)19(25)22-27)20(26)21-13-15-5-3-2-4-6-15/h2-10,18,27H,11-14H2,1H3,(H,21,26)(H,22,25). The van der Waals surface area contributed by atoms with E-state index in [1.807, 2.05) is 30.3 Å². The minimum atomic E-state index is -4.05. The Morgan fingerprint density at radius 2 is 1.77 bits per heavy atom.